The smallest absolute Gasteiger partial charge is 0.203 e. The summed E-state index contributed by atoms with van der Waals surface area (Å²) in [6.45, 7) is 2.48. The van der Waals surface area contributed by atoms with Crippen molar-refractivity contribution in [2.75, 3.05) is 47.4 Å². The van der Waals surface area contributed by atoms with Crippen molar-refractivity contribution in [2.45, 2.75) is 31.1 Å². The standard InChI is InChI=1S/C25H32O8S/c1-6-10-33-25-22(31-4)14-17(15-23(25)34-11-9-26)19(28)8-7-18(27)16-12-20(29-2)24(32-5)21(13-16)30-3/h12-15,26H,6-11H2,1-5H3. The number of hydrogen-bond donors (Lipinski definition) is 1. The first-order valence-corrected chi connectivity index (χ1v) is 11.9. The molecule has 2 aromatic carbocycles. The molecule has 0 aromatic heterocycles. The zero-order valence-corrected chi connectivity index (χ0v) is 21.1. The van der Waals surface area contributed by atoms with E-state index in [1.807, 2.05) is 6.92 Å². The highest BCUT2D eigenvalue weighted by molar-refractivity contribution is 7.99. The molecule has 0 atom stereocenters. The number of carbonyl (C=O) groups is 2. The van der Waals surface area contributed by atoms with Gasteiger partial charge in [-0.15, -0.1) is 11.8 Å². The van der Waals surface area contributed by atoms with Crippen LogP contribution >= 0.6 is 11.8 Å². The SMILES string of the molecule is CCCOc1c(OC)cc(C(=O)CCC(=O)c2cc(OC)c(OC)c(OC)c2)cc1SCCO. The normalized spacial score (nSPS) is 10.5. The third-order valence-corrected chi connectivity index (χ3v) is 5.93. The first-order chi connectivity index (χ1) is 16.4. The molecule has 0 unspecified atom stereocenters. The van der Waals surface area contributed by atoms with E-state index >= 15 is 0 Å². The summed E-state index contributed by atoms with van der Waals surface area (Å²) >= 11 is 1.38. The quantitative estimate of drug-likeness (QED) is 0.286. The van der Waals surface area contributed by atoms with E-state index in [9.17, 15) is 14.7 Å². The lowest BCUT2D eigenvalue weighted by molar-refractivity contribution is 0.0917. The van der Waals surface area contributed by atoms with E-state index in [-0.39, 0.29) is 31.0 Å². The van der Waals surface area contributed by atoms with E-state index in [1.54, 1.807) is 24.3 Å². The lowest BCUT2D eigenvalue weighted by Gasteiger charge is -2.16. The molecule has 0 aliphatic rings. The second-order valence-corrected chi connectivity index (χ2v) is 8.32. The van der Waals surface area contributed by atoms with Crippen molar-refractivity contribution < 1.29 is 38.4 Å². The largest absolute Gasteiger partial charge is 0.493 e. The van der Waals surface area contributed by atoms with Crippen molar-refractivity contribution in [2.24, 2.45) is 0 Å². The molecule has 2 rings (SSSR count). The van der Waals surface area contributed by atoms with E-state index in [1.165, 1.54) is 40.2 Å². The van der Waals surface area contributed by atoms with E-state index < -0.39 is 0 Å². The number of ether oxygens (including phenoxy) is 5. The van der Waals surface area contributed by atoms with Gasteiger partial charge in [0.15, 0.2) is 34.6 Å². The number of benzene rings is 2. The number of Topliss-reactive ketones (excluding diaryl/α,β-unsaturated/α-hetero) is 2. The summed E-state index contributed by atoms with van der Waals surface area (Å²) in [6.07, 6.45) is 0.835. The fraction of sp³-hybridized carbons (Fsp3) is 0.440. The van der Waals surface area contributed by atoms with Crippen LogP contribution in [0.5, 0.6) is 28.7 Å². The molecule has 0 amide bonds. The molecule has 2 aromatic rings. The number of rotatable bonds is 15. The van der Waals surface area contributed by atoms with Gasteiger partial charge in [-0.05, 0) is 30.7 Å². The molecular weight excluding hydrogens is 460 g/mol. The van der Waals surface area contributed by atoms with Gasteiger partial charge in [-0.2, -0.15) is 0 Å². The molecule has 0 aliphatic carbocycles. The predicted molar refractivity (Wildman–Crippen MR) is 131 cm³/mol. The summed E-state index contributed by atoms with van der Waals surface area (Å²) in [7, 11) is 5.95. The second kappa shape index (κ2) is 13.7. The third kappa shape index (κ3) is 6.80. The molecule has 0 spiro atoms. The number of methoxy groups -OCH3 is 4. The molecular formula is C25H32O8S. The molecule has 0 bridgehead atoms. The maximum absolute atomic E-state index is 13.0. The molecule has 0 fully saturated rings. The third-order valence-electron chi connectivity index (χ3n) is 4.93. The van der Waals surface area contributed by atoms with Crippen molar-refractivity contribution in [1.29, 1.82) is 0 Å². The molecule has 0 heterocycles. The number of thioether (sulfide) groups is 1. The molecule has 186 valence electrons. The number of carbonyl (C=O) groups excluding carboxylic acids is 2. The minimum Gasteiger partial charge on any atom is -0.493 e. The first-order valence-electron chi connectivity index (χ1n) is 10.9. The van der Waals surface area contributed by atoms with Crippen molar-refractivity contribution in [1.82, 2.24) is 0 Å². The average Bonchev–Trinajstić information content (AvgIpc) is 2.87. The van der Waals surface area contributed by atoms with Crippen LogP contribution in [0, 0.1) is 0 Å². The lowest BCUT2D eigenvalue weighted by Crippen LogP contribution is -2.08. The Balaban J connectivity index is 2.24. The average molecular weight is 493 g/mol. The van der Waals surface area contributed by atoms with Crippen LogP contribution in [0.25, 0.3) is 0 Å². The molecule has 0 saturated carbocycles. The van der Waals surface area contributed by atoms with Gasteiger partial charge in [-0.3, -0.25) is 9.59 Å². The highest BCUT2D eigenvalue weighted by Gasteiger charge is 2.20. The van der Waals surface area contributed by atoms with Gasteiger partial charge in [-0.25, -0.2) is 0 Å². The topological polar surface area (TPSA) is 101 Å². The Hall–Kier alpha value is -2.91. The fourth-order valence-electron chi connectivity index (χ4n) is 3.26. The van der Waals surface area contributed by atoms with Crippen LogP contribution in [-0.2, 0) is 0 Å². The Morgan fingerprint density at radius 2 is 1.29 bits per heavy atom. The van der Waals surface area contributed by atoms with Crippen LogP contribution in [-0.4, -0.2) is 64.1 Å². The molecule has 9 heteroatoms. The van der Waals surface area contributed by atoms with Gasteiger partial charge < -0.3 is 28.8 Å². The minimum atomic E-state index is -0.225. The van der Waals surface area contributed by atoms with E-state index in [0.29, 0.717) is 57.1 Å². The zero-order valence-electron chi connectivity index (χ0n) is 20.3. The lowest BCUT2D eigenvalue weighted by atomic mass is 10.0. The highest BCUT2D eigenvalue weighted by Crippen LogP contribution is 2.40. The minimum absolute atomic E-state index is 0.00693. The van der Waals surface area contributed by atoms with Crippen LogP contribution < -0.4 is 23.7 Å². The molecule has 8 nitrogen and oxygen atoms in total. The molecule has 0 saturated heterocycles. The van der Waals surface area contributed by atoms with Crippen molar-refractivity contribution in [3.05, 3.63) is 35.4 Å². The van der Waals surface area contributed by atoms with E-state index in [2.05, 4.69) is 0 Å². The van der Waals surface area contributed by atoms with Crippen molar-refractivity contribution >= 4 is 23.3 Å². The number of ketones is 2. The summed E-state index contributed by atoms with van der Waals surface area (Å²) < 4.78 is 27.2. The van der Waals surface area contributed by atoms with Crippen LogP contribution in [0.2, 0.25) is 0 Å². The van der Waals surface area contributed by atoms with Gasteiger partial charge in [0, 0.05) is 29.7 Å². The second-order valence-electron chi connectivity index (χ2n) is 7.19. The summed E-state index contributed by atoms with van der Waals surface area (Å²) in [5.74, 6) is 2.14. The zero-order chi connectivity index (χ0) is 25.1. The fourth-order valence-corrected chi connectivity index (χ4v) is 4.07. The van der Waals surface area contributed by atoms with Gasteiger partial charge in [-0.1, -0.05) is 6.92 Å². The monoisotopic (exact) mass is 492 g/mol. The number of hydrogen-bond acceptors (Lipinski definition) is 9. The Bertz CT molecular complexity index is 964. The first kappa shape index (κ1) is 27.3. The molecule has 34 heavy (non-hydrogen) atoms. The highest BCUT2D eigenvalue weighted by atomic mass is 32.2. The summed E-state index contributed by atoms with van der Waals surface area (Å²) in [5.41, 5.74) is 0.779. The molecule has 0 radical (unpaired) electrons. The van der Waals surface area contributed by atoms with E-state index in [4.69, 9.17) is 23.7 Å². The van der Waals surface area contributed by atoms with Crippen molar-refractivity contribution in [3.8, 4) is 28.7 Å². The number of aliphatic hydroxyl groups excluding tert-OH is 1. The molecule has 1 N–H and O–H groups in total. The molecule has 0 aliphatic heterocycles. The Kier molecular flexibility index (Phi) is 11.0. The van der Waals surface area contributed by atoms with Gasteiger partial charge in [0.05, 0.1) is 46.5 Å². The van der Waals surface area contributed by atoms with Gasteiger partial charge in [0.1, 0.15) is 0 Å². The summed E-state index contributed by atoms with van der Waals surface area (Å²) in [6, 6.07) is 6.49. The predicted octanol–water partition coefficient (Wildman–Crippen LogP) is 4.44. The Labute approximate surface area is 204 Å². The number of aliphatic hydroxyl groups is 1. The van der Waals surface area contributed by atoms with Crippen LogP contribution in [0.3, 0.4) is 0 Å². The van der Waals surface area contributed by atoms with Crippen LogP contribution in [0.1, 0.15) is 46.9 Å². The van der Waals surface area contributed by atoms with Gasteiger partial charge in [0.2, 0.25) is 5.75 Å². The van der Waals surface area contributed by atoms with Gasteiger partial charge in [0.25, 0.3) is 0 Å². The van der Waals surface area contributed by atoms with Gasteiger partial charge >= 0.3 is 0 Å². The van der Waals surface area contributed by atoms with Crippen molar-refractivity contribution in [3.63, 3.8) is 0 Å². The van der Waals surface area contributed by atoms with Crippen LogP contribution in [0.4, 0.5) is 0 Å². The summed E-state index contributed by atoms with van der Waals surface area (Å²) in [4.78, 5) is 26.5. The summed E-state index contributed by atoms with van der Waals surface area (Å²) in [5, 5.41) is 9.24. The Morgan fingerprint density at radius 3 is 1.74 bits per heavy atom. The van der Waals surface area contributed by atoms with E-state index in [0.717, 1.165) is 6.42 Å². The maximum atomic E-state index is 13.0. The van der Waals surface area contributed by atoms with Crippen LogP contribution in [0.15, 0.2) is 29.2 Å². The maximum Gasteiger partial charge on any atom is 0.203 e. The Morgan fingerprint density at radius 1 is 0.794 bits per heavy atom.